The fourth-order valence-corrected chi connectivity index (χ4v) is 4.09. The third-order valence-corrected chi connectivity index (χ3v) is 5.68. The fourth-order valence-electron chi connectivity index (χ4n) is 4.09. The van der Waals surface area contributed by atoms with Gasteiger partial charge >= 0.3 is 0 Å². The number of alkyl halides is 1. The molecule has 0 saturated heterocycles. The third kappa shape index (κ3) is 4.37. The summed E-state index contributed by atoms with van der Waals surface area (Å²) in [5.74, 6) is 2.13. The summed E-state index contributed by atoms with van der Waals surface area (Å²) in [5, 5.41) is 3.05. The molecule has 1 aromatic heterocycles. The van der Waals surface area contributed by atoms with Gasteiger partial charge in [0.2, 0.25) is 0 Å². The molecule has 28 heavy (non-hydrogen) atoms. The van der Waals surface area contributed by atoms with E-state index in [0.717, 1.165) is 49.4 Å². The lowest BCUT2D eigenvalue weighted by Crippen LogP contribution is -2.42. The number of imidazole rings is 1. The van der Waals surface area contributed by atoms with Gasteiger partial charge in [-0.3, -0.25) is 4.79 Å². The molecule has 2 atom stereocenters. The lowest BCUT2D eigenvalue weighted by molar-refractivity contribution is 0.0910. The SMILES string of the molecule is CC(C)(F)CCC1CCc2nc(C(=O)N[C@H]3COc4ccccc4C3)cn2C1. The van der Waals surface area contributed by atoms with Crippen LogP contribution < -0.4 is 10.1 Å². The largest absolute Gasteiger partial charge is 0.491 e. The normalized spacial score (nSPS) is 21.4. The molecule has 0 bridgehead atoms. The van der Waals surface area contributed by atoms with Crippen LogP contribution in [0.1, 0.15) is 55.0 Å². The van der Waals surface area contributed by atoms with Crippen LogP contribution in [0.5, 0.6) is 5.75 Å². The molecule has 3 heterocycles. The van der Waals surface area contributed by atoms with Gasteiger partial charge in [0.1, 0.15) is 29.5 Å². The summed E-state index contributed by atoms with van der Waals surface area (Å²) in [6.07, 6.45) is 5.87. The van der Waals surface area contributed by atoms with E-state index in [9.17, 15) is 9.18 Å². The number of carbonyl (C=O) groups is 1. The summed E-state index contributed by atoms with van der Waals surface area (Å²) < 4.78 is 21.6. The van der Waals surface area contributed by atoms with Crippen molar-refractivity contribution in [3.8, 4) is 5.75 Å². The molecule has 2 aliphatic rings. The number of amides is 1. The van der Waals surface area contributed by atoms with Crippen molar-refractivity contribution in [3.05, 3.63) is 47.5 Å². The van der Waals surface area contributed by atoms with E-state index in [1.165, 1.54) is 0 Å². The predicted octanol–water partition coefficient (Wildman–Crippen LogP) is 3.71. The molecular weight excluding hydrogens is 357 g/mol. The van der Waals surface area contributed by atoms with Crippen LogP contribution in [-0.2, 0) is 19.4 Å². The Hall–Kier alpha value is -2.37. The molecule has 0 fully saturated rings. The van der Waals surface area contributed by atoms with Gasteiger partial charge in [-0.2, -0.15) is 0 Å². The molecule has 1 amide bonds. The summed E-state index contributed by atoms with van der Waals surface area (Å²) in [6.45, 7) is 4.55. The summed E-state index contributed by atoms with van der Waals surface area (Å²) >= 11 is 0. The van der Waals surface area contributed by atoms with Gasteiger partial charge in [-0.05, 0) is 57.1 Å². The average Bonchev–Trinajstić information content (AvgIpc) is 3.09. The van der Waals surface area contributed by atoms with Gasteiger partial charge in [-0.1, -0.05) is 18.2 Å². The number of nitrogens with one attached hydrogen (secondary N) is 1. The number of benzene rings is 1. The molecule has 0 radical (unpaired) electrons. The van der Waals surface area contributed by atoms with E-state index < -0.39 is 5.67 Å². The minimum Gasteiger partial charge on any atom is -0.491 e. The maximum Gasteiger partial charge on any atom is 0.271 e. The third-order valence-electron chi connectivity index (χ3n) is 5.68. The summed E-state index contributed by atoms with van der Waals surface area (Å²) in [5.41, 5.74) is 0.447. The smallest absolute Gasteiger partial charge is 0.271 e. The summed E-state index contributed by atoms with van der Waals surface area (Å²) in [7, 11) is 0. The lowest BCUT2D eigenvalue weighted by Gasteiger charge is -2.25. The van der Waals surface area contributed by atoms with Gasteiger partial charge < -0.3 is 14.6 Å². The number of nitrogens with zero attached hydrogens (tertiary/aromatic N) is 2. The van der Waals surface area contributed by atoms with Crippen molar-refractivity contribution in [1.82, 2.24) is 14.9 Å². The second-order valence-electron chi connectivity index (χ2n) is 8.65. The van der Waals surface area contributed by atoms with Gasteiger partial charge in [0.25, 0.3) is 5.91 Å². The molecule has 6 heteroatoms. The van der Waals surface area contributed by atoms with Crippen LogP contribution >= 0.6 is 0 Å². The molecule has 2 aromatic rings. The van der Waals surface area contributed by atoms with Gasteiger partial charge in [0, 0.05) is 19.2 Å². The zero-order valence-corrected chi connectivity index (χ0v) is 16.6. The molecule has 150 valence electrons. The topological polar surface area (TPSA) is 56.1 Å². The first-order valence-electron chi connectivity index (χ1n) is 10.1. The Bertz CT molecular complexity index is 856. The lowest BCUT2D eigenvalue weighted by atomic mass is 9.90. The molecule has 1 aromatic carbocycles. The number of hydrogen-bond donors (Lipinski definition) is 1. The zero-order chi connectivity index (χ0) is 19.7. The second kappa shape index (κ2) is 7.57. The molecule has 1 unspecified atom stereocenters. The van der Waals surface area contributed by atoms with Crippen molar-refractivity contribution in [2.75, 3.05) is 6.61 Å². The van der Waals surface area contributed by atoms with E-state index >= 15 is 0 Å². The van der Waals surface area contributed by atoms with Crippen LogP contribution in [0.3, 0.4) is 0 Å². The van der Waals surface area contributed by atoms with Crippen molar-refractivity contribution in [1.29, 1.82) is 0 Å². The number of hydrogen-bond acceptors (Lipinski definition) is 3. The summed E-state index contributed by atoms with van der Waals surface area (Å²) in [4.78, 5) is 17.2. The number of aryl methyl sites for hydroxylation is 1. The van der Waals surface area contributed by atoms with Crippen LogP contribution in [-0.4, -0.2) is 33.8 Å². The quantitative estimate of drug-likeness (QED) is 0.854. The Morgan fingerprint density at radius 3 is 3.04 bits per heavy atom. The van der Waals surface area contributed by atoms with Crippen molar-refractivity contribution in [3.63, 3.8) is 0 Å². The first-order chi connectivity index (χ1) is 13.4. The number of carbonyl (C=O) groups excluding carboxylic acids is 1. The van der Waals surface area contributed by atoms with Crippen molar-refractivity contribution in [2.24, 2.45) is 5.92 Å². The monoisotopic (exact) mass is 385 g/mol. The molecule has 4 rings (SSSR count). The van der Waals surface area contributed by atoms with E-state index in [-0.39, 0.29) is 11.9 Å². The summed E-state index contributed by atoms with van der Waals surface area (Å²) in [6, 6.07) is 7.87. The van der Waals surface area contributed by atoms with E-state index in [0.29, 0.717) is 24.6 Å². The Morgan fingerprint density at radius 2 is 2.21 bits per heavy atom. The van der Waals surface area contributed by atoms with Crippen molar-refractivity contribution >= 4 is 5.91 Å². The highest BCUT2D eigenvalue weighted by Crippen LogP contribution is 2.28. The molecule has 0 spiro atoms. The number of fused-ring (bicyclic) bond motifs is 2. The highest BCUT2D eigenvalue weighted by Gasteiger charge is 2.26. The van der Waals surface area contributed by atoms with Crippen LogP contribution in [0.2, 0.25) is 0 Å². The van der Waals surface area contributed by atoms with Gasteiger partial charge in [-0.15, -0.1) is 0 Å². The first-order valence-corrected chi connectivity index (χ1v) is 10.1. The van der Waals surface area contributed by atoms with Gasteiger partial charge in [0.05, 0.1) is 6.04 Å². The maximum absolute atomic E-state index is 13.8. The fraction of sp³-hybridized carbons (Fsp3) is 0.545. The maximum atomic E-state index is 13.8. The van der Waals surface area contributed by atoms with E-state index in [1.807, 2.05) is 30.5 Å². The molecule has 2 aliphatic heterocycles. The Morgan fingerprint density at radius 1 is 1.39 bits per heavy atom. The van der Waals surface area contributed by atoms with Crippen LogP contribution in [0.15, 0.2) is 30.5 Å². The number of para-hydroxylation sites is 1. The van der Waals surface area contributed by atoms with Gasteiger partial charge in [0.15, 0.2) is 0 Å². The molecule has 0 saturated carbocycles. The number of halogens is 1. The number of aromatic nitrogens is 2. The number of ether oxygens (including phenoxy) is 1. The van der Waals surface area contributed by atoms with Crippen molar-refractivity contribution < 1.29 is 13.9 Å². The van der Waals surface area contributed by atoms with Gasteiger partial charge in [-0.25, -0.2) is 9.37 Å². The van der Waals surface area contributed by atoms with E-state index in [1.54, 1.807) is 13.8 Å². The average molecular weight is 385 g/mol. The molecule has 1 N–H and O–H groups in total. The highest BCUT2D eigenvalue weighted by molar-refractivity contribution is 5.92. The minimum absolute atomic E-state index is 0.0549. The second-order valence-corrected chi connectivity index (χ2v) is 8.65. The van der Waals surface area contributed by atoms with Crippen LogP contribution in [0, 0.1) is 5.92 Å². The van der Waals surface area contributed by atoms with Crippen molar-refractivity contribution in [2.45, 2.75) is 64.2 Å². The number of rotatable bonds is 5. The predicted molar refractivity (Wildman–Crippen MR) is 105 cm³/mol. The zero-order valence-electron chi connectivity index (χ0n) is 16.6. The van der Waals surface area contributed by atoms with E-state index in [2.05, 4.69) is 14.9 Å². The van der Waals surface area contributed by atoms with Crippen LogP contribution in [0.25, 0.3) is 0 Å². The van der Waals surface area contributed by atoms with Crippen LogP contribution in [0.4, 0.5) is 4.39 Å². The van der Waals surface area contributed by atoms with E-state index in [4.69, 9.17) is 4.74 Å². The Balaban J connectivity index is 1.36. The Labute approximate surface area is 165 Å². The first kappa shape index (κ1) is 19.0. The Kier molecular flexibility index (Phi) is 5.13. The molecule has 0 aliphatic carbocycles. The standard InChI is InChI=1S/C22H28FN3O2/c1-22(2,23)10-9-15-7-8-20-25-18(13-26(20)12-15)21(27)24-17-11-16-5-3-4-6-19(16)28-14-17/h3-6,13,15,17H,7-12,14H2,1-2H3,(H,24,27)/t15?,17-/m1/s1. The highest BCUT2D eigenvalue weighted by atomic mass is 19.1. The molecular formula is C22H28FN3O2. The minimum atomic E-state index is -1.12. The molecule has 5 nitrogen and oxygen atoms in total.